The molecule has 0 aliphatic rings. The molecule has 0 saturated carbocycles. The molecule has 4 rings (SSSR count). The van der Waals surface area contributed by atoms with E-state index in [9.17, 15) is 0 Å². The van der Waals surface area contributed by atoms with Crippen molar-refractivity contribution in [1.82, 2.24) is 0 Å². The van der Waals surface area contributed by atoms with Crippen molar-refractivity contribution in [3.05, 3.63) is 44.4 Å². The summed E-state index contributed by atoms with van der Waals surface area (Å²) in [5.74, 6) is 0. The van der Waals surface area contributed by atoms with E-state index in [1.807, 2.05) is 0 Å². The van der Waals surface area contributed by atoms with Gasteiger partial charge in [0.15, 0.2) is 0 Å². The number of aryl methyl sites for hydroxylation is 2. The maximum absolute atomic E-state index is 2.44. The summed E-state index contributed by atoms with van der Waals surface area (Å²) in [6, 6.07) is 14.4. The molecule has 0 unspecified atom stereocenters. The summed E-state index contributed by atoms with van der Waals surface area (Å²) < 4.78 is 6.33. The maximum atomic E-state index is 2.44. The Morgan fingerprint density at radius 2 is 1.56 bits per heavy atom. The van der Waals surface area contributed by atoms with Crippen LogP contribution >= 0.6 is 0 Å². The van der Waals surface area contributed by atoms with Gasteiger partial charge < -0.3 is 0 Å². The summed E-state index contributed by atoms with van der Waals surface area (Å²) >= 11 is 0.494. The van der Waals surface area contributed by atoms with E-state index in [0.717, 1.165) is 0 Å². The predicted octanol–water partition coefficient (Wildman–Crippen LogP) is 3.88. The van der Waals surface area contributed by atoms with Gasteiger partial charge in [0.05, 0.1) is 0 Å². The molecule has 88 valence electrons. The van der Waals surface area contributed by atoms with E-state index in [-0.39, 0.29) is 20.4 Å². The van der Waals surface area contributed by atoms with E-state index in [0.29, 0.717) is 14.5 Å². The molecule has 2 aromatic carbocycles. The molecule has 4 aromatic rings. The van der Waals surface area contributed by atoms with Crippen LogP contribution in [0.3, 0.4) is 0 Å². The first-order valence-corrected chi connectivity index (χ1v) is 10.1. The van der Waals surface area contributed by atoms with E-state index in [2.05, 4.69) is 50.2 Å². The van der Waals surface area contributed by atoms with Crippen LogP contribution < -0.4 is 0 Å². The van der Waals surface area contributed by atoms with Crippen molar-refractivity contribution in [3.63, 3.8) is 0 Å². The third-order valence-electron chi connectivity index (χ3n) is 3.36. The van der Waals surface area contributed by atoms with Gasteiger partial charge in [-0.3, -0.25) is 0 Å². The van der Waals surface area contributed by atoms with E-state index < -0.39 is 0 Å². The van der Waals surface area contributed by atoms with Gasteiger partial charge in [0.25, 0.3) is 0 Å². The third kappa shape index (κ3) is 1.72. The molecule has 0 amide bonds. The molecule has 0 bridgehead atoms. The van der Waals surface area contributed by atoms with Crippen LogP contribution in [0.5, 0.6) is 0 Å². The zero-order valence-electron chi connectivity index (χ0n) is 10.3. The topological polar surface area (TPSA) is 0 Å². The molecule has 0 radical (unpaired) electrons. The first-order chi connectivity index (χ1) is 8.69. The Hall–Kier alpha value is -0.511. The third-order valence-corrected chi connectivity index (χ3v) is 8.37. The molecule has 2 heterocycles. The van der Waals surface area contributed by atoms with Crippen molar-refractivity contribution in [3.8, 4) is 0 Å². The molecule has 2 aromatic heterocycles. The first kappa shape index (κ1) is 11.3. The normalized spacial score (nSPS) is 11.9. The van der Waals surface area contributed by atoms with Crippen molar-refractivity contribution in [2.24, 2.45) is 0 Å². The number of hydrogen-bond donors (Lipinski definition) is 0. The van der Waals surface area contributed by atoms with Crippen molar-refractivity contribution in [2.75, 3.05) is 0 Å². The van der Waals surface area contributed by atoms with Crippen LogP contribution in [0.15, 0.2) is 36.4 Å². The minimum absolute atomic E-state index is 0.0643. The zero-order chi connectivity index (χ0) is 12.3. The van der Waals surface area contributed by atoms with E-state index in [1.54, 1.807) is 15.7 Å². The fourth-order valence-corrected chi connectivity index (χ4v) is 7.32. The van der Waals surface area contributed by atoms with Crippen LogP contribution in [0.2, 0.25) is 0 Å². The molecular formula is C16H12SeTe. The fourth-order valence-electron chi connectivity index (χ4n) is 2.59. The average molecular weight is 411 g/mol. The molecule has 0 fully saturated rings. The van der Waals surface area contributed by atoms with Gasteiger partial charge in [0, 0.05) is 0 Å². The van der Waals surface area contributed by atoms with Crippen LogP contribution in [0, 0.1) is 13.8 Å². The molecule has 0 spiro atoms. The summed E-state index contributed by atoms with van der Waals surface area (Å²) in [6.07, 6.45) is 0. The average Bonchev–Trinajstić information content (AvgIpc) is 2.82. The summed E-state index contributed by atoms with van der Waals surface area (Å²) in [6.45, 7) is 4.53. The molecule has 18 heavy (non-hydrogen) atoms. The Labute approximate surface area is 122 Å². The summed E-state index contributed by atoms with van der Waals surface area (Å²) in [5, 5.41) is 5.80. The molecule has 0 atom stereocenters. The second-order valence-corrected chi connectivity index (χ2v) is 11.2. The van der Waals surface area contributed by atoms with Gasteiger partial charge in [0.1, 0.15) is 0 Å². The predicted molar refractivity (Wildman–Crippen MR) is 82.3 cm³/mol. The molecule has 0 saturated heterocycles. The monoisotopic (exact) mass is 414 g/mol. The molecule has 0 N–H and O–H groups in total. The van der Waals surface area contributed by atoms with Gasteiger partial charge in [-0.25, -0.2) is 0 Å². The molecule has 0 aliphatic heterocycles. The van der Waals surface area contributed by atoms with Gasteiger partial charge in [0.2, 0.25) is 0 Å². The van der Waals surface area contributed by atoms with Gasteiger partial charge in [-0.2, -0.15) is 0 Å². The van der Waals surface area contributed by atoms with Crippen molar-refractivity contribution in [2.45, 2.75) is 13.8 Å². The van der Waals surface area contributed by atoms with E-state index in [1.165, 1.54) is 21.5 Å². The Balaban J connectivity index is 2.17. The Kier molecular flexibility index (Phi) is 2.51. The van der Waals surface area contributed by atoms with E-state index in [4.69, 9.17) is 0 Å². The number of benzene rings is 2. The summed E-state index contributed by atoms with van der Waals surface area (Å²) in [5.41, 5.74) is 0. The SMILES string of the molecule is Cc1cc2cc3cc4[te]c(C)cc4cc3cc2[se]1. The van der Waals surface area contributed by atoms with Crippen LogP contribution in [0.25, 0.3) is 29.2 Å². The molecular weight excluding hydrogens is 399 g/mol. The molecule has 0 nitrogen and oxygen atoms in total. The molecule has 0 aliphatic carbocycles. The van der Waals surface area contributed by atoms with Crippen LogP contribution in [0.1, 0.15) is 8.02 Å². The van der Waals surface area contributed by atoms with Crippen molar-refractivity contribution >= 4 is 64.1 Å². The Morgan fingerprint density at radius 1 is 0.778 bits per heavy atom. The number of hydrogen-bond acceptors (Lipinski definition) is 0. The van der Waals surface area contributed by atoms with Gasteiger partial charge >= 0.3 is 122 Å². The summed E-state index contributed by atoms with van der Waals surface area (Å²) in [4.78, 5) is 0. The van der Waals surface area contributed by atoms with Crippen molar-refractivity contribution in [1.29, 1.82) is 0 Å². The van der Waals surface area contributed by atoms with Gasteiger partial charge in [-0.15, -0.1) is 0 Å². The minimum atomic E-state index is -0.0643. The standard InChI is InChI=1S/C16H12SeTe/c1-9-3-13-5-12-8-16-14(4-10(2)18-16)6-11(12)7-15(13)17-9/h3-8H,1-2H3. The molecule has 2 heteroatoms. The van der Waals surface area contributed by atoms with Gasteiger partial charge in [-0.1, -0.05) is 0 Å². The van der Waals surface area contributed by atoms with Crippen LogP contribution in [-0.2, 0) is 0 Å². The first-order valence-electron chi connectivity index (χ1n) is 6.03. The van der Waals surface area contributed by atoms with Crippen LogP contribution in [-0.4, -0.2) is 34.9 Å². The second kappa shape index (κ2) is 3.99. The Morgan fingerprint density at radius 3 is 2.44 bits per heavy atom. The number of rotatable bonds is 0. The van der Waals surface area contributed by atoms with Crippen LogP contribution in [0.4, 0.5) is 0 Å². The quantitative estimate of drug-likeness (QED) is 0.386. The second-order valence-electron chi connectivity index (χ2n) is 4.84. The van der Waals surface area contributed by atoms with Gasteiger partial charge in [-0.05, 0) is 0 Å². The number of fused-ring (bicyclic) bond motifs is 3. The van der Waals surface area contributed by atoms with Crippen molar-refractivity contribution < 1.29 is 0 Å². The summed E-state index contributed by atoms with van der Waals surface area (Å²) in [7, 11) is 0. The zero-order valence-corrected chi connectivity index (χ0v) is 14.3. The van der Waals surface area contributed by atoms with E-state index >= 15 is 0 Å². The Bertz CT molecular complexity index is 754. The fraction of sp³-hybridized carbons (Fsp3) is 0.125.